The van der Waals surface area contributed by atoms with E-state index in [2.05, 4.69) is 31.3 Å². The Bertz CT molecular complexity index is 822. The van der Waals surface area contributed by atoms with E-state index in [9.17, 15) is 4.79 Å². The van der Waals surface area contributed by atoms with Gasteiger partial charge in [0.25, 0.3) is 0 Å². The van der Waals surface area contributed by atoms with Crippen LogP contribution in [0.15, 0.2) is 42.5 Å². The van der Waals surface area contributed by atoms with Crippen molar-refractivity contribution < 1.29 is 14.3 Å². The largest absolute Gasteiger partial charge is 0.493 e. The van der Waals surface area contributed by atoms with Gasteiger partial charge in [0.2, 0.25) is 5.91 Å². The van der Waals surface area contributed by atoms with Crippen molar-refractivity contribution in [3.8, 4) is 11.5 Å². The van der Waals surface area contributed by atoms with E-state index in [0.717, 1.165) is 36.3 Å². The summed E-state index contributed by atoms with van der Waals surface area (Å²) in [5.74, 6) is 2.11. The van der Waals surface area contributed by atoms with Crippen LogP contribution in [0.5, 0.6) is 11.5 Å². The van der Waals surface area contributed by atoms with Crippen LogP contribution in [0.25, 0.3) is 0 Å². The summed E-state index contributed by atoms with van der Waals surface area (Å²) in [5.41, 5.74) is 3.42. The van der Waals surface area contributed by atoms with Crippen LogP contribution < -0.4 is 14.8 Å². The number of hydrogen-bond donors (Lipinski definition) is 1. The Morgan fingerprint density at radius 3 is 2.52 bits per heavy atom. The SMILES string of the molecule is CCC(C)CNCC(=O)N1CCc2cc(OC)c(OC)cc2C1c1ccccc1. The van der Waals surface area contributed by atoms with Gasteiger partial charge in [-0.05, 0) is 47.7 Å². The maximum atomic E-state index is 13.1. The number of nitrogens with zero attached hydrogens (tertiary/aromatic N) is 1. The zero-order chi connectivity index (χ0) is 20.8. The highest BCUT2D eigenvalue weighted by atomic mass is 16.5. The number of amides is 1. The quantitative estimate of drug-likeness (QED) is 0.737. The van der Waals surface area contributed by atoms with E-state index in [1.165, 1.54) is 5.56 Å². The molecule has 0 spiro atoms. The number of hydrogen-bond acceptors (Lipinski definition) is 4. The third-order valence-corrected chi connectivity index (χ3v) is 5.78. The summed E-state index contributed by atoms with van der Waals surface area (Å²) in [7, 11) is 3.30. The molecule has 0 saturated heterocycles. The second-order valence-electron chi connectivity index (χ2n) is 7.70. The number of nitrogens with one attached hydrogen (secondary N) is 1. The number of carbonyl (C=O) groups is 1. The normalized spacial score (nSPS) is 16.8. The van der Waals surface area contributed by atoms with E-state index in [1.54, 1.807) is 14.2 Å². The molecule has 0 radical (unpaired) electrons. The fourth-order valence-corrected chi connectivity index (χ4v) is 3.88. The van der Waals surface area contributed by atoms with Gasteiger partial charge in [-0.2, -0.15) is 0 Å². The molecule has 2 atom stereocenters. The molecule has 0 saturated carbocycles. The van der Waals surface area contributed by atoms with Gasteiger partial charge in [0.1, 0.15) is 0 Å². The summed E-state index contributed by atoms with van der Waals surface area (Å²) in [6.07, 6.45) is 1.91. The summed E-state index contributed by atoms with van der Waals surface area (Å²) in [6.45, 7) is 6.26. The molecule has 0 bridgehead atoms. The third kappa shape index (κ3) is 4.73. The molecular weight excluding hydrogens is 364 g/mol. The van der Waals surface area contributed by atoms with E-state index < -0.39 is 0 Å². The fraction of sp³-hybridized carbons (Fsp3) is 0.458. The molecule has 1 N–H and O–H groups in total. The van der Waals surface area contributed by atoms with Crippen LogP contribution in [0.1, 0.15) is 43.0 Å². The molecule has 2 unspecified atom stereocenters. The summed E-state index contributed by atoms with van der Waals surface area (Å²) in [4.78, 5) is 15.1. The molecule has 2 aromatic carbocycles. The molecule has 1 aliphatic heterocycles. The van der Waals surface area contributed by atoms with Crippen molar-refractivity contribution in [1.82, 2.24) is 10.2 Å². The highest BCUT2D eigenvalue weighted by Gasteiger charge is 2.33. The Balaban J connectivity index is 1.93. The number of fused-ring (bicyclic) bond motifs is 1. The zero-order valence-electron chi connectivity index (χ0n) is 17.9. The van der Waals surface area contributed by atoms with Gasteiger partial charge in [0.15, 0.2) is 11.5 Å². The topological polar surface area (TPSA) is 50.8 Å². The van der Waals surface area contributed by atoms with Crippen molar-refractivity contribution in [1.29, 1.82) is 0 Å². The van der Waals surface area contributed by atoms with Gasteiger partial charge < -0.3 is 19.7 Å². The van der Waals surface area contributed by atoms with Gasteiger partial charge in [0, 0.05) is 6.54 Å². The second-order valence-corrected chi connectivity index (χ2v) is 7.70. The maximum Gasteiger partial charge on any atom is 0.237 e. The van der Waals surface area contributed by atoms with Crippen molar-refractivity contribution in [2.24, 2.45) is 5.92 Å². The monoisotopic (exact) mass is 396 g/mol. The van der Waals surface area contributed by atoms with Gasteiger partial charge in [-0.1, -0.05) is 50.6 Å². The first-order valence-electron chi connectivity index (χ1n) is 10.4. The first kappa shape index (κ1) is 21.2. The lowest BCUT2D eigenvalue weighted by Crippen LogP contribution is -2.45. The first-order chi connectivity index (χ1) is 14.1. The van der Waals surface area contributed by atoms with E-state index in [1.807, 2.05) is 35.2 Å². The van der Waals surface area contributed by atoms with Crippen LogP contribution in [0.2, 0.25) is 0 Å². The minimum atomic E-state index is -0.127. The van der Waals surface area contributed by atoms with E-state index >= 15 is 0 Å². The smallest absolute Gasteiger partial charge is 0.237 e. The molecule has 0 aliphatic carbocycles. The van der Waals surface area contributed by atoms with Crippen LogP contribution in [0.4, 0.5) is 0 Å². The molecule has 29 heavy (non-hydrogen) atoms. The van der Waals surface area contributed by atoms with Crippen LogP contribution in [0, 0.1) is 5.92 Å². The Morgan fingerprint density at radius 1 is 1.17 bits per heavy atom. The number of benzene rings is 2. The fourth-order valence-electron chi connectivity index (χ4n) is 3.88. The number of carbonyl (C=O) groups excluding carboxylic acids is 1. The predicted molar refractivity (Wildman–Crippen MR) is 116 cm³/mol. The van der Waals surface area contributed by atoms with Crippen molar-refractivity contribution >= 4 is 5.91 Å². The molecule has 1 heterocycles. The van der Waals surface area contributed by atoms with Gasteiger partial charge in [-0.25, -0.2) is 0 Å². The maximum absolute atomic E-state index is 13.1. The summed E-state index contributed by atoms with van der Waals surface area (Å²) >= 11 is 0. The average molecular weight is 397 g/mol. The molecular formula is C24H32N2O3. The van der Waals surface area contributed by atoms with Crippen molar-refractivity contribution in [2.75, 3.05) is 33.9 Å². The predicted octanol–water partition coefficient (Wildman–Crippen LogP) is 3.81. The van der Waals surface area contributed by atoms with E-state index in [0.29, 0.717) is 24.8 Å². The van der Waals surface area contributed by atoms with Crippen molar-refractivity contribution in [3.05, 3.63) is 59.2 Å². The van der Waals surface area contributed by atoms with Crippen LogP contribution in [0.3, 0.4) is 0 Å². The summed E-state index contributed by atoms with van der Waals surface area (Å²) < 4.78 is 11.0. The van der Waals surface area contributed by atoms with Crippen LogP contribution >= 0.6 is 0 Å². The highest BCUT2D eigenvalue weighted by Crippen LogP contribution is 2.40. The standard InChI is InChI=1S/C24H32N2O3/c1-5-17(2)15-25-16-23(27)26-12-11-19-13-21(28-3)22(29-4)14-20(19)24(26)18-9-7-6-8-10-18/h6-10,13-14,17,24-25H,5,11-12,15-16H2,1-4H3. The molecule has 5 nitrogen and oxygen atoms in total. The molecule has 1 aliphatic rings. The van der Waals surface area contributed by atoms with E-state index in [4.69, 9.17) is 9.47 Å². The Kier molecular flexibility index (Phi) is 7.15. The number of ether oxygens (including phenoxy) is 2. The van der Waals surface area contributed by atoms with Gasteiger partial charge in [0.05, 0.1) is 26.8 Å². The Hall–Kier alpha value is -2.53. The van der Waals surface area contributed by atoms with Crippen LogP contribution in [-0.2, 0) is 11.2 Å². The molecule has 0 fully saturated rings. The molecule has 1 amide bonds. The van der Waals surface area contributed by atoms with Gasteiger partial charge in [-0.3, -0.25) is 4.79 Å². The lowest BCUT2D eigenvalue weighted by molar-refractivity contribution is -0.132. The molecule has 2 aromatic rings. The van der Waals surface area contributed by atoms with E-state index in [-0.39, 0.29) is 11.9 Å². The lowest BCUT2D eigenvalue weighted by atomic mass is 9.87. The Morgan fingerprint density at radius 2 is 1.86 bits per heavy atom. The third-order valence-electron chi connectivity index (χ3n) is 5.78. The minimum absolute atomic E-state index is 0.127. The van der Waals surface area contributed by atoms with Crippen LogP contribution in [-0.4, -0.2) is 44.7 Å². The minimum Gasteiger partial charge on any atom is -0.493 e. The van der Waals surface area contributed by atoms with Gasteiger partial charge >= 0.3 is 0 Å². The van der Waals surface area contributed by atoms with Crippen molar-refractivity contribution in [3.63, 3.8) is 0 Å². The number of methoxy groups -OCH3 is 2. The zero-order valence-corrected chi connectivity index (χ0v) is 17.9. The molecule has 0 aromatic heterocycles. The van der Waals surface area contributed by atoms with Gasteiger partial charge in [-0.15, -0.1) is 0 Å². The summed E-state index contributed by atoms with van der Waals surface area (Å²) in [6, 6.07) is 14.2. The second kappa shape index (κ2) is 9.79. The number of rotatable bonds is 8. The average Bonchev–Trinajstić information content (AvgIpc) is 2.77. The van der Waals surface area contributed by atoms with Crippen molar-refractivity contribution in [2.45, 2.75) is 32.7 Å². The first-order valence-corrected chi connectivity index (χ1v) is 10.4. The summed E-state index contributed by atoms with van der Waals surface area (Å²) in [5, 5.41) is 3.33. The molecule has 5 heteroatoms. The molecule has 3 rings (SSSR count). The Labute approximate surface area is 174 Å². The lowest BCUT2D eigenvalue weighted by Gasteiger charge is -2.38. The highest BCUT2D eigenvalue weighted by molar-refractivity contribution is 5.80. The molecule has 156 valence electrons.